The monoisotopic (exact) mass is 324 g/mol. The Morgan fingerprint density at radius 2 is 2.08 bits per heavy atom. The molecule has 1 aliphatic rings. The largest absolute Gasteiger partial charge is 0.423 e. The lowest BCUT2D eigenvalue weighted by Gasteiger charge is -2.29. The van der Waals surface area contributed by atoms with E-state index in [0.29, 0.717) is 11.5 Å². The van der Waals surface area contributed by atoms with Gasteiger partial charge in [0.15, 0.2) is 0 Å². The predicted octanol–water partition coefficient (Wildman–Crippen LogP) is 1.73. The summed E-state index contributed by atoms with van der Waals surface area (Å²) in [5, 5.41) is 12.8. The van der Waals surface area contributed by atoms with Crippen molar-refractivity contribution in [3.05, 3.63) is 58.4 Å². The van der Waals surface area contributed by atoms with Gasteiger partial charge in [0.2, 0.25) is 0 Å². The molecule has 0 saturated carbocycles. The van der Waals surface area contributed by atoms with Crippen LogP contribution in [0.1, 0.15) is 18.4 Å². The molecule has 2 aromatic carbocycles. The zero-order valence-corrected chi connectivity index (χ0v) is 13.6. The van der Waals surface area contributed by atoms with E-state index in [9.17, 15) is 9.90 Å². The average molecular weight is 324 g/mol. The topological polar surface area (TPSA) is 54.9 Å². The molecule has 124 valence electrons. The molecule has 0 bridgehead atoms. The van der Waals surface area contributed by atoms with Crippen LogP contribution in [0.25, 0.3) is 21.7 Å². The smallest absolute Gasteiger partial charge is 0.336 e. The van der Waals surface area contributed by atoms with Crippen LogP contribution >= 0.6 is 0 Å². The van der Waals surface area contributed by atoms with Gasteiger partial charge in [0, 0.05) is 22.9 Å². The van der Waals surface area contributed by atoms with E-state index in [2.05, 4.69) is 12.1 Å². The average Bonchev–Trinajstić information content (AvgIpc) is 2.61. The molecule has 1 aromatic heterocycles. The summed E-state index contributed by atoms with van der Waals surface area (Å²) in [7, 11) is 0. The second kappa shape index (κ2) is 6.38. The Morgan fingerprint density at radius 1 is 1.21 bits per heavy atom. The number of rotatable bonds is 3. The molecule has 4 heteroatoms. The first-order valence-electron chi connectivity index (χ1n) is 8.63. The van der Waals surface area contributed by atoms with Crippen molar-refractivity contribution >= 4 is 21.7 Å². The second-order valence-corrected chi connectivity index (χ2v) is 6.82. The number of hydrogen-bond acceptors (Lipinski definition) is 3. The fourth-order valence-corrected chi connectivity index (χ4v) is 4.00. The van der Waals surface area contributed by atoms with Crippen molar-refractivity contribution < 1.29 is 14.4 Å². The summed E-state index contributed by atoms with van der Waals surface area (Å²) in [4.78, 5) is 13.4. The highest BCUT2D eigenvalue weighted by Crippen LogP contribution is 2.27. The third kappa shape index (κ3) is 2.83. The summed E-state index contributed by atoms with van der Waals surface area (Å²) >= 11 is 0. The van der Waals surface area contributed by atoms with Gasteiger partial charge in [0.25, 0.3) is 0 Å². The second-order valence-electron chi connectivity index (χ2n) is 6.82. The molecule has 2 N–H and O–H groups in total. The van der Waals surface area contributed by atoms with Crippen molar-refractivity contribution in [2.45, 2.75) is 19.4 Å². The fraction of sp³-hybridized carbons (Fsp3) is 0.350. The van der Waals surface area contributed by atoms with Crippen molar-refractivity contribution in [1.82, 2.24) is 0 Å². The van der Waals surface area contributed by atoms with Gasteiger partial charge in [-0.25, -0.2) is 4.79 Å². The number of piperidine rings is 1. The number of likely N-dealkylation sites (tertiary alicyclic amines) is 1. The van der Waals surface area contributed by atoms with E-state index in [1.807, 2.05) is 24.3 Å². The molecule has 0 amide bonds. The number of aliphatic hydroxyl groups excluding tert-OH is 1. The molecule has 2 heterocycles. The maximum absolute atomic E-state index is 12.0. The highest BCUT2D eigenvalue weighted by Gasteiger charge is 2.23. The lowest BCUT2D eigenvalue weighted by Crippen LogP contribution is -3.12. The predicted molar refractivity (Wildman–Crippen MR) is 94.2 cm³/mol. The Bertz CT molecular complexity index is 931. The van der Waals surface area contributed by atoms with Crippen molar-refractivity contribution in [3.63, 3.8) is 0 Å². The molecule has 1 unspecified atom stereocenters. The van der Waals surface area contributed by atoms with Crippen LogP contribution in [0.15, 0.2) is 51.7 Å². The van der Waals surface area contributed by atoms with Gasteiger partial charge in [-0.2, -0.15) is 0 Å². The number of quaternary nitrogens is 1. The highest BCUT2D eigenvalue weighted by molar-refractivity contribution is 6.06. The lowest BCUT2D eigenvalue weighted by molar-refractivity contribution is -0.922. The van der Waals surface area contributed by atoms with Crippen LogP contribution in [0.2, 0.25) is 0 Å². The zero-order valence-electron chi connectivity index (χ0n) is 13.6. The molecule has 1 aliphatic heterocycles. The summed E-state index contributed by atoms with van der Waals surface area (Å²) in [6, 6.07) is 13.7. The van der Waals surface area contributed by atoms with Gasteiger partial charge in [-0.15, -0.1) is 0 Å². The molecule has 2 atom stereocenters. The number of nitrogens with one attached hydrogen (secondary N) is 1. The van der Waals surface area contributed by atoms with Crippen LogP contribution in [-0.4, -0.2) is 24.8 Å². The molecule has 3 aromatic rings. The number of benzene rings is 2. The van der Waals surface area contributed by atoms with E-state index in [4.69, 9.17) is 4.42 Å². The van der Waals surface area contributed by atoms with Crippen LogP contribution in [0.5, 0.6) is 0 Å². The van der Waals surface area contributed by atoms with Gasteiger partial charge in [0.05, 0.1) is 19.7 Å². The van der Waals surface area contributed by atoms with Crippen LogP contribution in [0.3, 0.4) is 0 Å². The first-order valence-corrected chi connectivity index (χ1v) is 8.63. The lowest BCUT2D eigenvalue weighted by atomic mass is 9.97. The Kier molecular flexibility index (Phi) is 4.08. The Balaban J connectivity index is 1.81. The maximum Gasteiger partial charge on any atom is 0.336 e. The standard InChI is InChI=1S/C20H21NO3/c22-13-14-4-3-9-21(11-14)12-16-10-19(23)24-18-8-7-15-5-1-2-6-17(15)20(16)18/h1-2,5-8,10,14,22H,3-4,9,11-13H2/p+1/t14-/m0/s1. The molecule has 1 saturated heterocycles. The third-order valence-electron chi connectivity index (χ3n) is 5.13. The minimum absolute atomic E-state index is 0.254. The van der Waals surface area contributed by atoms with Crippen LogP contribution in [0, 0.1) is 5.92 Å². The normalized spacial score (nSPS) is 21.4. The fourth-order valence-electron chi connectivity index (χ4n) is 4.00. The molecule has 4 nitrogen and oxygen atoms in total. The molecule has 0 radical (unpaired) electrons. The molecule has 0 spiro atoms. The summed E-state index contributed by atoms with van der Waals surface area (Å²) < 4.78 is 5.44. The minimum Gasteiger partial charge on any atom is -0.423 e. The molecule has 24 heavy (non-hydrogen) atoms. The summed E-state index contributed by atoms with van der Waals surface area (Å²) in [6.45, 7) is 3.10. The molecule has 4 rings (SSSR count). The molecule has 0 aliphatic carbocycles. The SMILES string of the molecule is O=c1cc(C[NH+]2CCC[C@H](CO)C2)c2c(ccc3ccccc32)o1. The van der Waals surface area contributed by atoms with E-state index in [1.54, 1.807) is 6.07 Å². The van der Waals surface area contributed by atoms with Gasteiger partial charge in [-0.3, -0.25) is 0 Å². The van der Waals surface area contributed by atoms with Gasteiger partial charge in [-0.1, -0.05) is 30.3 Å². The van der Waals surface area contributed by atoms with Gasteiger partial charge < -0.3 is 14.4 Å². The van der Waals surface area contributed by atoms with Crippen molar-refractivity contribution in [2.24, 2.45) is 5.92 Å². The van der Waals surface area contributed by atoms with Crippen molar-refractivity contribution in [2.75, 3.05) is 19.7 Å². The summed E-state index contributed by atoms with van der Waals surface area (Å²) in [5.74, 6) is 0.372. The Morgan fingerprint density at radius 3 is 2.96 bits per heavy atom. The first-order chi connectivity index (χ1) is 11.7. The van der Waals surface area contributed by atoms with Crippen LogP contribution in [0.4, 0.5) is 0 Å². The van der Waals surface area contributed by atoms with Crippen LogP contribution < -0.4 is 10.5 Å². The van der Waals surface area contributed by atoms with Gasteiger partial charge in [0.1, 0.15) is 12.1 Å². The summed E-state index contributed by atoms with van der Waals surface area (Å²) in [5.41, 5.74) is 1.42. The minimum atomic E-state index is -0.289. The van der Waals surface area contributed by atoms with E-state index >= 15 is 0 Å². The first kappa shape index (κ1) is 15.4. The van der Waals surface area contributed by atoms with E-state index < -0.39 is 0 Å². The van der Waals surface area contributed by atoms with E-state index in [0.717, 1.165) is 54.2 Å². The highest BCUT2D eigenvalue weighted by atomic mass is 16.4. The van der Waals surface area contributed by atoms with Crippen molar-refractivity contribution in [1.29, 1.82) is 0 Å². The Labute approximate surface area is 140 Å². The number of hydrogen-bond donors (Lipinski definition) is 2. The van der Waals surface area contributed by atoms with E-state index in [-0.39, 0.29) is 12.2 Å². The number of aliphatic hydroxyl groups is 1. The van der Waals surface area contributed by atoms with Crippen molar-refractivity contribution in [3.8, 4) is 0 Å². The third-order valence-corrected chi connectivity index (χ3v) is 5.13. The van der Waals surface area contributed by atoms with Gasteiger partial charge >= 0.3 is 5.63 Å². The maximum atomic E-state index is 12.0. The quantitative estimate of drug-likeness (QED) is 0.570. The molecular formula is C20H22NO3+. The zero-order chi connectivity index (χ0) is 16.5. The molecular weight excluding hydrogens is 302 g/mol. The van der Waals surface area contributed by atoms with E-state index in [1.165, 1.54) is 4.90 Å². The molecule has 1 fully saturated rings. The summed E-state index contributed by atoms with van der Waals surface area (Å²) in [6.07, 6.45) is 2.22. The Hall–Kier alpha value is -2.17. The van der Waals surface area contributed by atoms with Gasteiger partial charge in [-0.05, 0) is 29.7 Å². The van der Waals surface area contributed by atoms with Crippen LogP contribution in [-0.2, 0) is 6.54 Å². The number of fused-ring (bicyclic) bond motifs is 3.